The summed E-state index contributed by atoms with van der Waals surface area (Å²) in [4.78, 5) is 14.2. The van der Waals surface area contributed by atoms with Gasteiger partial charge in [-0.1, -0.05) is 54.9 Å². The van der Waals surface area contributed by atoms with Gasteiger partial charge >= 0.3 is 0 Å². The van der Waals surface area contributed by atoms with Gasteiger partial charge in [0.1, 0.15) is 6.04 Å². The molecule has 0 aromatic rings. The molecule has 1 heterocycles. The molecule has 1 N–H and O–H groups in total. The fourth-order valence-corrected chi connectivity index (χ4v) is 4.78. The molecule has 1 aliphatic carbocycles. The first-order chi connectivity index (χ1) is 12.7. The molecule has 2 unspecified atom stereocenters. The van der Waals surface area contributed by atoms with Crippen LogP contribution in [0, 0.1) is 28.1 Å². The Morgan fingerprint density at radius 2 is 2.00 bits per heavy atom. The van der Waals surface area contributed by atoms with Crippen LogP contribution in [0.5, 0.6) is 0 Å². The van der Waals surface area contributed by atoms with Gasteiger partial charge in [0.25, 0.3) is 0 Å². The smallest absolute Gasteiger partial charge is 0.237 e. The lowest BCUT2D eigenvalue weighted by Gasteiger charge is -2.47. The molecule has 4 atom stereocenters. The largest absolute Gasteiger partial charge is 0.326 e. The van der Waals surface area contributed by atoms with Crippen LogP contribution in [0.2, 0.25) is 0 Å². The molecule has 0 aromatic carbocycles. The number of nitrogens with one attached hydrogen (secondary N) is 1. The highest BCUT2D eigenvalue weighted by Crippen LogP contribution is 2.48. The van der Waals surface area contributed by atoms with E-state index < -0.39 is 0 Å². The van der Waals surface area contributed by atoms with Gasteiger partial charge in [-0.3, -0.25) is 4.79 Å². The monoisotopic (exact) mass is 377 g/mol. The predicted molar refractivity (Wildman–Crippen MR) is 113 cm³/mol. The van der Waals surface area contributed by atoms with E-state index in [0.717, 1.165) is 32.2 Å². The Morgan fingerprint density at radius 3 is 2.56 bits per heavy atom. The topological polar surface area (TPSA) is 56.1 Å². The van der Waals surface area contributed by atoms with Crippen molar-refractivity contribution in [1.29, 1.82) is 5.26 Å². The average Bonchev–Trinajstić information content (AvgIpc) is 3.13. The van der Waals surface area contributed by atoms with E-state index in [-0.39, 0.29) is 11.9 Å². The van der Waals surface area contributed by atoms with Crippen LogP contribution in [0.1, 0.15) is 93.4 Å². The third kappa shape index (κ3) is 6.49. The van der Waals surface area contributed by atoms with Gasteiger partial charge in [-0.2, -0.15) is 5.26 Å². The molecule has 0 spiro atoms. The van der Waals surface area contributed by atoms with Crippen LogP contribution in [0.4, 0.5) is 0 Å². The summed E-state index contributed by atoms with van der Waals surface area (Å²) in [5.41, 5.74) is 0.809. The predicted octanol–water partition coefficient (Wildman–Crippen LogP) is 5.14. The second kappa shape index (κ2) is 10.5. The van der Waals surface area contributed by atoms with Gasteiger partial charge in [0.05, 0.1) is 12.6 Å². The molecule has 1 amide bonds. The van der Waals surface area contributed by atoms with Crippen molar-refractivity contribution >= 4 is 5.91 Å². The van der Waals surface area contributed by atoms with Gasteiger partial charge in [-0.15, -0.1) is 0 Å². The van der Waals surface area contributed by atoms with Crippen molar-refractivity contribution in [2.24, 2.45) is 16.7 Å². The van der Waals surface area contributed by atoms with Crippen molar-refractivity contribution < 1.29 is 4.79 Å². The van der Waals surface area contributed by atoms with Crippen molar-refractivity contribution in [1.82, 2.24) is 10.2 Å². The minimum atomic E-state index is -0.209. The summed E-state index contributed by atoms with van der Waals surface area (Å²) in [6, 6.07) is 2.48. The maximum Gasteiger partial charge on any atom is 0.237 e. The normalized spacial score (nSPS) is 31.0. The van der Waals surface area contributed by atoms with E-state index in [4.69, 9.17) is 5.26 Å². The summed E-state index contributed by atoms with van der Waals surface area (Å²) in [7, 11) is 0. The van der Waals surface area contributed by atoms with Gasteiger partial charge < -0.3 is 10.2 Å². The van der Waals surface area contributed by atoms with Gasteiger partial charge in [0, 0.05) is 12.6 Å². The van der Waals surface area contributed by atoms with E-state index in [1.807, 2.05) is 13.8 Å². The van der Waals surface area contributed by atoms with E-state index in [1.54, 1.807) is 4.90 Å². The Kier molecular flexibility index (Phi) is 9.28. The van der Waals surface area contributed by atoms with Crippen LogP contribution in [-0.4, -0.2) is 36.0 Å². The number of carbonyl (C=O) groups excluding carboxylic acids is 1. The van der Waals surface area contributed by atoms with E-state index in [0.29, 0.717) is 29.3 Å². The molecule has 0 radical (unpaired) electrons. The van der Waals surface area contributed by atoms with Gasteiger partial charge in [-0.05, 0) is 55.3 Å². The molecule has 2 fully saturated rings. The Bertz CT molecular complexity index is 510. The summed E-state index contributed by atoms with van der Waals surface area (Å²) in [5.74, 6) is 0.760. The van der Waals surface area contributed by atoms with Gasteiger partial charge in [0.15, 0.2) is 0 Å². The molecular formula is C23H43N3O. The van der Waals surface area contributed by atoms with E-state index >= 15 is 0 Å². The first kappa shape index (κ1) is 24.0. The molecule has 1 aliphatic heterocycles. The van der Waals surface area contributed by atoms with E-state index in [1.165, 1.54) is 19.3 Å². The first-order valence-corrected chi connectivity index (χ1v) is 11.1. The first-order valence-electron chi connectivity index (χ1n) is 11.1. The Labute approximate surface area is 168 Å². The summed E-state index contributed by atoms with van der Waals surface area (Å²) in [6.07, 6.45) is 7.81. The average molecular weight is 378 g/mol. The third-order valence-corrected chi connectivity index (χ3v) is 7.00. The number of hydrogen-bond donors (Lipinski definition) is 1. The second-order valence-electron chi connectivity index (χ2n) is 9.48. The van der Waals surface area contributed by atoms with Crippen molar-refractivity contribution in [3.05, 3.63) is 0 Å². The number of nitriles is 1. The molecule has 156 valence electrons. The fraction of sp³-hybridized carbons (Fsp3) is 0.913. The Morgan fingerprint density at radius 1 is 1.33 bits per heavy atom. The number of amides is 1. The van der Waals surface area contributed by atoms with Crippen LogP contribution < -0.4 is 5.32 Å². The molecule has 1 saturated heterocycles. The van der Waals surface area contributed by atoms with Crippen molar-refractivity contribution in [2.75, 3.05) is 13.1 Å². The standard InChI is InChI=1S/C21H37N3O.C2H6/c1-6-20(3,4)15-21(5)10-9-17(12-16(21)2)23-14-19(25)24-11-7-8-18(24)13-22;1-2/h16-18,23H,6-12,14-15H2,1-5H3;1-2H3/t16-,17?,18?,21-;/m1./s1. The van der Waals surface area contributed by atoms with Gasteiger partial charge in [0.2, 0.25) is 5.91 Å². The summed E-state index contributed by atoms with van der Waals surface area (Å²) < 4.78 is 0. The van der Waals surface area contributed by atoms with Crippen molar-refractivity contribution in [3.8, 4) is 6.07 Å². The maximum atomic E-state index is 12.4. The SMILES string of the molecule is CC.CCC(C)(C)C[C@@]1(C)CCC(NCC(=O)N2CCCC2C#N)C[C@H]1C. The number of nitrogens with zero attached hydrogens (tertiary/aromatic N) is 2. The van der Waals surface area contributed by atoms with Crippen LogP contribution in [0.25, 0.3) is 0 Å². The summed E-state index contributed by atoms with van der Waals surface area (Å²) in [5, 5.41) is 12.6. The molecule has 4 heteroatoms. The lowest BCUT2D eigenvalue weighted by Crippen LogP contribution is -2.47. The molecule has 0 bridgehead atoms. The quantitative estimate of drug-likeness (QED) is 0.697. The van der Waals surface area contributed by atoms with E-state index in [2.05, 4.69) is 46.0 Å². The maximum absolute atomic E-state index is 12.4. The zero-order chi connectivity index (χ0) is 20.7. The highest BCUT2D eigenvalue weighted by atomic mass is 16.2. The van der Waals surface area contributed by atoms with Crippen LogP contribution in [-0.2, 0) is 4.79 Å². The Hall–Kier alpha value is -1.08. The number of hydrogen-bond acceptors (Lipinski definition) is 3. The third-order valence-electron chi connectivity index (χ3n) is 7.00. The second-order valence-corrected chi connectivity index (χ2v) is 9.48. The summed E-state index contributed by atoms with van der Waals surface area (Å²) in [6.45, 7) is 17.0. The van der Waals surface area contributed by atoms with Gasteiger partial charge in [-0.25, -0.2) is 0 Å². The lowest BCUT2D eigenvalue weighted by molar-refractivity contribution is -0.130. The van der Waals surface area contributed by atoms with Crippen LogP contribution >= 0.6 is 0 Å². The number of carbonyl (C=O) groups is 1. The molecular weight excluding hydrogens is 334 g/mol. The van der Waals surface area contributed by atoms with E-state index in [9.17, 15) is 4.79 Å². The van der Waals surface area contributed by atoms with Crippen LogP contribution in [0.15, 0.2) is 0 Å². The zero-order valence-electron chi connectivity index (χ0n) is 18.9. The highest BCUT2D eigenvalue weighted by molar-refractivity contribution is 5.79. The summed E-state index contributed by atoms with van der Waals surface area (Å²) >= 11 is 0. The molecule has 4 nitrogen and oxygen atoms in total. The van der Waals surface area contributed by atoms with Crippen molar-refractivity contribution in [2.45, 2.75) is 105 Å². The minimum Gasteiger partial charge on any atom is -0.326 e. The Balaban J connectivity index is 0.00000176. The lowest BCUT2D eigenvalue weighted by atomic mass is 9.60. The van der Waals surface area contributed by atoms with Crippen molar-refractivity contribution in [3.63, 3.8) is 0 Å². The molecule has 1 saturated carbocycles. The number of rotatable bonds is 6. The molecule has 0 aromatic heterocycles. The minimum absolute atomic E-state index is 0.0946. The fourth-order valence-electron chi connectivity index (χ4n) is 4.78. The number of likely N-dealkylation sites (tertiary alicyclic amines) is 1. The molecule has 27 heavy (non-hydrogen) atoms. The highest BCUT2D eigenvalue weighted by Gasteiger charge is 2.40. The molecule has 2 aliphatic rings. The zero-order valence-corrected chi connectivity index (χ0v) is 18.9. The molecule has 2 rings (SSSR count). The van der Waals surface area contributed by atoms with Crippen LogP contribution in [0.3, 0.4) is 0 Å².